The van der Waals surface area contributed by atoms with Crippen LogP contribution in [-0.2, 0) is 4.57 Å². The van der Waals surface area contributed by atoms with E-state index in [4.69, 9.17) is 9.47 Å². The molecular weight excluding hydrogens is 495 g/mol. The number of hydrogen-bond acceptors (Lipinski definition) is 6. The quantitative estimate of drug-likeness (QED) is 0.253. The molecule has 1 fully saturated rings. The third-order valence-electron chi connectivity index (χ3n) is 6.84. The molecule has 200 valence electrons. The summed E-state index contributed by atoms with van der Waals surface area (Å²) in [5, 5.41) is 5.20. The first-order valence-electron chi connectivity index (χ1n) is 13.2. The minimum atomic E-state index is -2.64. The fraction of sp³-hybridized carbons (Fsp3) is 0.367. The Morgan fingerprint density at radius 1 is 1.05 bits per heavy atom. The van der Waals surface area contributed by atoms with Gasteiger partial charge in [-0.25, -0.2) is 4.98 Å². The summed E-state index contributed by atoms with van der Waals surface area (Å²) in [5.41, 5.74) is 4.48. The summed E-state index contributed by atoms with van der Waals surface area (Å²) < 4.78 is 25.5. The van der Waals surface area contributed by atoms with Crippen LogP contribution in [0.2, 0.25) is 0 Å². The fourth-order valence-electron chi connectivity index (χ4n) is 4.97. The van der Waals surface area contributed by atoms with Crippen LogP contribution in [0.1, 0.15) is 26.7 Å². The molecule has 7 nitrogen and oxygen atoms in total. The van der Waals surface area contributed by atoms with E-state index in [9.17, 15) is 4.57 Å². The van der Waals surface area contributed by atoms with E-state index in [1.807, 2.05) is 50.2 Å². The molecule has 2 aromatic carbocycles. The lowest BCUT2D eigenvalue weighted by Gasteiger charge is -2.29. The van der Waals surface area contributed by atoms with Gasteiger partial charge < -0.3 is 29.2 Å². The number of aromatic amines is 1. The van der Waals surface area contributed by atoms with E-state index in [0.717, 1.165) is 70.7 Å². The molecule has 2 N–H and O–H groups in total. The van der Waals surface area contributed by atoms with E-state index in [1.54, 1.807) is 19.5 Å². The first-order valence-corrected chi connectivity index (χ1v) is 15.8. The van der Waals surface area contributed by atoms with Crippen LogP contribution in [0.3, 0.4) is 0 Å². The Bertz CT molecular complexity index is 1450. The summed E-state index contributed by atoms with van der Waals surface area (Å²) in [7, 11) is -0.479. The molecule has 8 heteroatoms. The molecule has 0 bridgehead atoms. The van der Waals surface area contributed by atoms with Gasteiger partial charge in [-0.3, -0.25) is 0 Å². The molecule has 0 unspecified atom stereocenters. The predicted octanol–water partition coefficient (Wildman–Crippen LogP) is 6.48. The van der Waals surface area contributed by atoms with E-state index in [2.05, 4.69) is 45.4 Å². The van der Waals surface area contributed by atoms with Gasteiger partial charge in [0.05, 0.1) is 22.8 Å². The highest BCUT2D eigenvalue weighted by Crippen LogP contribution is 2.43. The highest BCUT2D eigenvalue weighted by molar-refractivity contribution is 7.70. The molecule has 38 heavy (non-hydrogen) atoms. The molecule has 0 aliphatic carbocycles. The van der Waals surface area contributed by atoms with Crippen LogP contribution in [0.25, 0.3) is 22.3 Å². The van der Waals surface area contributed by atoms with Crippen LogP contribution < -0.4 is 20.1 Å². The largest absolute Gasteiger partial charge is 0.490 e. The normalized spacial score (nSPS) is 15.2. The van der Waals surface area contributed by atoms with Crippen molar-refractivity contribution in [3.8, 4) is 22.8 Å². The number of fused-ring (bicyclic) bond motifs is 1. The van der Waals surface area contributed by atoms with Gasteiger partial charge in [0, 0.05) is 30.4 Å². The fourth-order valence-corrected chi connectivity index (χ4v) is 6.34. The van der Waals surface area contributed by atoms with E-state index >= 15 is 0 Å². The van der Waals surface area contributed by atoms with Crippen molar-refractivity contribution >= 4 is 34.9 Å². The zero-order valence-corrected chi connectivity index (χ0v) is 23.7. The molecule has 1 saturated heterocycles. The van der Waals surface area contributed by atoms with E-state index in [1.165, 1.54) is 0 Å². The smallest absolute Gasteiger partial charge is 0.139 e. The number of ether oxygens (including phenoxy) is 2. The van der Waals surface area contributed by atoms with Gasteiger partial charge >= 0.3 is 0 Å². The van der Waals surface area contributed by atoms with E-state index in [-0.39, 0.29) is 12.2 Å². The number of piperidine rings is 1. The maximum absolute atomic E-state index is 13.3. The Morgan fingerprint density at radius 3 is 2.47 bits per heavy atom. The number of aromatic nitrogens is 2. The first kappa shape index (κ1) is 26.3. The molecule has 4 aromatic rings. The number of nitrogens with zero attached hydrogens (tertiary/aromatic N) is 2. The van der Waals surface area contributed by atoms with Gasteiger partial charge in [0.15, 0.2) is 0 Å². The minimum absolute atomic E-state index is 0.0171. The van der Waals surface area contributed by atoms with Crippen molar-refractivity contribution in [2.75, 3.05) is 38.8 Å². The Labute approximate surface area is 224 Å². The summed E-state index contributed by atoms with van der Waals surface area (Å²) >= 11 is 0. The lowest BCUT2D eigenvalue weighted by molar-refractivity contribution is 0.114. The van der Waals surface area contributed by atoms with Gasteiger partial charge in [0.25, 0.3) is 0 Å². The third kappa shape index (κ3) is 5.90. The van der Waals surface area contributed by atoms with Crippen LogP contribution in [0.15, 0.2) is 60.8 Å². The Kier molecular flexibility index (Phi) is 7.51. The van der Waals surface area contributed by atoms with Crippen molar-refractivity contribution in [3.05, 3.63) is 60.8 Å². The lowest BCUT2D eigenvalue weighted by atomic mass is 10.1. The van der Waals surface area contributed by atoms with Gasteiger partial charge in [-0.05, 0) is 101 Å². The number of hydrogen-bond donors (Lipinski definition) is 2. The highest BCUT2D eigenvalue weighted by Gasteiger charge is 2.23. The van der Waals surface area contributed by atoms with Crippen molar-refractivity contribution in [1.82, 2.24) is 14.9 Å². The number of H-pyrrole nitrogens is 1. The molecule has 0 radical (unpaired) electrons. The van der Waals surface area contributed by atoms with Crippen LogP contribution in [0, 0.1) is 0 Å². The zero-order valence-electron chi connectivity index (χ0n) is 22.8. The second-order valence-corrected chi connectivity index (χ2v) is 13.9. The average Bonchev–Trinajstić information content (AvgIpc) is 3.30. The molecule has 0 spiro atoms. The van der Waals surface area contributed by atoms with Crippen LogP contribution >= 0.6 is 7.14 Å². The van der Waals surface area contributed by atoms with Crippen molar-refractivity contribution in [2.45, 2.75) is 38.9 Å². The topological polar surface area (TPSA) is 79.5 Å². The predicted molar refractivity (Wildman–Crippen MR) is 157 cm³/mol. The second kappa shape index (κ2) is 10.8. The number of nitrogens with one attached hydrogen (secondary N) is 2. The van der Waals surface area contributed by atoms with Crippen molar-refractivity contribution < 1.29 is 14.0 Å². The molecule has 2 aromatic heterocycles. The summed E-state index contributed by atoms with van der Waals surface area (Å²) in [6.07, 6.45) is 4.15. The van der Waals surface area contributed by atoms with Crippen molar-refractivity contribution in [3.63, 3.8) is 0 Å². The third-order valence-corrected chi connectivity index (χ3v) is 8.37. The Balaban J connectivity index is 1.41. The number of rotatable bonds is 8. The number of likely N-dealkylation sites (tertiary alicyclic amines) is 1. The summed E-state index contributed by atoms with van der Waals surface area (Å²) in [6, 6.07) is 18.0. The zero-order chi connectivity index (χ0) is 26.9. The van der Waals surface area contributed by atoms with Crippen LogP contribution in [0.5, 0.6) is 11.5 Å². The maximum atomic E-state index is 13.3. The minimum Gasteiger partial charge on any atom is -0.490 e. The summed E-state index contributed by atoms with van der Waals surface area (Å²) in [5.74, 6) is 1.56. The van der Waals surface area contributed by atoms with Crippen LogP contribution in [-0.4, -0.2) is 60.5 Å². The van der Waals surface area contributed by atoms with E-state index in [0.29, 0.717) is 5.75 Å². The molecule has 0 atom stereocenters. The van der Waals surface area contributed by atoms with E-state index < -0.39 is 7.14 Å². The SMILES string of the molecule is CC(C)Oc1cccc(Nc2ccnc3[nH]c(-c4ccc(OC5CCN(C)CC5)cc4)cc23)c1P(C)(C)=O. The summed E-state index contributed by atoms with van der Waals surface area (Å²) in [6.45, 7) is 9.65. The molecule has 1 aliphatic rings. The van der Waals surface area contributed by atoms with Crippen LogP contribution in [0.4, 0.5) is 11.4 Å². The molecular formula is C30H37N4O3P. The van der Waals surface area contributed by atoms with Gasteiger partial charge in [-0.2, -0.15) is 0 Å². The Morgan fingerprint density at radius 2 is 1.79 bits per heavy atom. The molecule has 0 saturated carbocycles. The molecule has 0 amide bonds. The van der Waals surface area contributed by atoms with Gasteiger partial charge in [-0.15, -0.1) is 0 Å². The Hall–Kier alpha value is -3.28. The highest BCUT2D eigenvalue weighted by atomic mass is 31.2. The van der Waals surface area contributed by atoms with Crippen molar-refractivity contribution in [2.24, 2.45) is 0 Å². The maximum Gasteiger partial charge on any atom is 0.139 e. The number of benzene rings is 2. The number of pyridine rings is 1. The van der Waals surface area contributed by atoms with Gasteiger partial charge in [0.2, 0.25) is 0 Å². The molecule has 3 heterocycles. The van der Waals surface area contributed by atoms with Crippen molar-refractivity contribution in [1.29, 1.82) is 0 Å². The summed E-state index contributed by atoms with van der Waals surface area (Å²) in [4.78, 5) is 10.3. The monoisotopic (exact) mass is 532 g/mol. The second-order valence-electron chi connectivity index (χ2n) is 10.7. The number of anilines is 2. The average molecular weight is 533 g/mol. The molecule has 1 aliphatic heterocycles. The van der Waals surface area contributed by atoms with Gasteiger partial charge in [0.1, 0.15) is 30.4 Å². The molecule has 5 rings (SSSR count). The lowest BCUT2D eigenvalue weighted by Crippen LogP contribution is -2.35. The van der Waals surface area contributed by atoms with Gasteiger partial charge in [-0.1, -0.05) is 6.07 Å². The first-order chi connectivity index (χ1) is 18.2. The standard InChI is InChI=1S/C30H37N4O3P/c1-20(2)36-28-8-6-7-26(29(28)38(4,5)35)32-25-13-16-31-30-24(25)19-27(33-30)21-9-11-22(12-10-21)37-23-14-17-34(3)18-15-23/h6-13,16,19-20,23H,14-15,17-18H2,1-5H3,(H2,31,32,33).